The number of carboxylic acid groups (broad SMARTS) is 1. The van der Waals surface area contributed by atoms with E-state index in [0.29, 0.717) is 12.8 Å². The maximum atomic E-state index is 12.7. The van der Waals surface area contributed by atoms with E-state index in [1.165, 1.54) is 116 Å². The Labute approximate surface area is 344 Å². The number of esters is 2. The van der Waals surface area contributed by atoms with Gasteiger partial charge in [0.15, 0.2) is 6.10 Å². The second-order valence-electron chi connectivity index (χ2n) is 16.6. The number of nitrogens with zero attached hydrogens (tertiary/aromatic N) is 1. The van der Waals surface area contributed by atoms with Gasteiger partial charge in [0.25, 0.3) is 0 Å². The average molecular weight is 790 g/mol. The van der Waals surface area contributed by atoms with E-state index in [-0.39, 0.29) is 49.1 Å². The molecule has 0 N–H and O–H groups in total. The Morgan fingerprint density at radius 3 is 1.46 bits per heavy atom. The Morgan fingerprint density at radius 1 is 0.554 bits per heavy atom. The van der Waals surface area contributed by atoms with Gasteiger partial charge in [-0.25, -0.2) is 0 Å². The molecule has 0 saturated heterocycles. The second-order valence-corrected chi connectivity index (χ2v) is 16.6. The summed E-state index contributed by atoms with van der Waals surface area (Å²) in [6, 6.07) is -0.731. The lowest BCUT2D eigenvalue weighted by Gasteiger charge is -2.34. The fourth-order valence-corrected chi connectivity index (χ4v) is 6.74. The summed E-state index contributed by atoms with van der Waals surface area (Å²) in [6.07, 6.45) is 44.8. The van der Waals surface area contributed by atoms with Gasteiger partial charge in [0, 0.05) is 19.3 Å². The molecule has 0 aromatic rings. The summed E-state index contributed by atoms with van der Waals surface area (Å²) in [6.45, 7) is 4.50. The number of hydrogen-bond acceptors (Lipinski definition) is 7. The highest BCUT2D eigenvalue weighted by atomic mass is 16.6. The van der Waals surface area contributed by atoms with Crippen LogP contribution < -0.4 is 5.11 Å². The summed E-state index contributed by atoms with van der Waals surface area (Å²) in [5.74, 6) is -1.80. The topological polar surface area (TPSA) is 102 Å². The van der Waals surface area contributed by atoms with E-state index in [9.17, 15) is 19.5 Å². The molecule has 8 heteroatoms. The summed E-state index contributed by atoms with van der Waals surface area (Å²) in [5.41, 5.74) is 0. The van der Waals surface area contributed by atoms with Crippen molar-refractivity contribution < 1.29 is 38.2 Å². The first-order chi connectivity index (χ1) is 27.1. The molecule has 0 aromatic heterocycles. The van der Waals surface area contributed by atoms with Gasteiger partial charge in [-0.05, 0) is 38.5 Å². The third-order valence-corrected chi connectivity index (χ3v) is 10.3. The Bertz CT molecular complexity index is 1020. The Kier molecular flexibility index (Phi) is 37.7. The SMILES string of the molecule is CC/C=C/C/C=C/C/C=C/CCCC(=O)OCC(COCCC(C(=O)[O-])[N+](C)(C)C)OC(=O)CCCCCCCCCCCCCCCCCCCCCCC. The quantitative estimate of drug-likeness (QED) is 0.0263. The highest BCUT2D eigenvalue weighted by molar-refractivity contribution is 5.70. The molecule has 2 atom stereocenters. The van der Waals surface area contributed by atoms with E-state index < -0.39 is 18.1 Å². The van der Waals surface area contributed by atoms with Crippen molar-refractivity contribution in [1.29, 1.82) is 0 Å². The lowest BCUT2D eigenvalue weighted by atomic mass is 10.0. The van der Waals surface area contributed by atoms with Crippen LogP contribution in [0.4, 0.5) is 0 Å². The molecule has 0 rings (SSSR count). The Hall–Kier alpha value is -2.45. The minimum Gasteiger partial charge on any atom is -0.544 e. The van der Waals surface area contributed by atoms with E-state index in [4.69, 9.17) is 14.2 Å². The van der Waals surface area contributed by atoms with Crippen LogP contribution in [0.1, 0.15) is 200 Å². The number of carbonyl (C=O) groups is 3. The maximum absolute atomic E-state index is 12.7. The number of unbranched alkanes of at least 4 members (excludes halogenated alkanes) is 21. The maximum Gasteiger partial charge on any atom is 0.306 e. The van der Waals surface area contributed by atoms with Crippen LogP contribution in [0.5, 0.6) is 0 Å². The van der Waals surface area contributed by atoms with E-state index in [1.807, 2.05) is 0 Å². The number of rotatable bonds is 41. The van der Waals surface area contributed by atoms with Crippen LogP contribution >= 0.6 is 0 Å². The number of ether oxygens (including phenoxy) is 3. The van der Waals surface area contributed by atoms with Crippen LogP contribution in [0.2, 0.25) is 0 Å². The van der Waals surface area contributed by atoms with Crippen LogP contribution in [-0.4, -0.2) is 75.5 Å². The molecule has 56 heavy (non-hydrogen) atoms. The van der Waals surface area contributed by atoms with Crippen LogP contribution in [-0.2, 0) is 28.6 Å². The minimum absolute atomic E-state index is 0.0275. The van der Waals surface area contributed by atoms with E-state index in [1.54, 1.807) is 21.1 Å². The summed E-state index contributed by atoms with van der Waals surface area (Å²) < 4.78 is 17.1. The summed E-state index contributed by atoms with van der Waals surface area (Å²) in [4.78, 5) is 36.8. The molecule has 0 aliphatic heterocycles. The lowest BCUT2D eigenvalue weighted by molar-refractivity contribution is -0.889. The van der Waals surface area contributed by atoms with Gasteiger partial charge in [0.2, 0.25) is 0 Å². The first kappa shape index (κ1) is 53.6. The zero-order valence-electron chi connectivity index (χ0n) is 37.1. The molecule has 326 valence electrons. The van der Waals surface area contributed by atoms with Crippen molar-refractivity contribution >= 4 is 17.9 Å². The molecule has 0 heterocycles. The monoisotopic (exact) mass is 790 g/mol. The fourth-order valence-electron chi connectivity index (χ4n) is 6.74. The number of hydrogen-bond donors (Lipinski definition) is 0. The average Bonchev–Trinajstić information content (AvgIpc) is 3.15. The van der Waals surface area contributed by atoms with Gasteiger partial charge < -0.3 is 28.6 Å². The first-order valence-electron chi connectivity index (χ1n) is 23.0. The van der Waals surface area contributed by atoms with Gasteiger partial charge >= 0.3 is 11.9 Å². The zero-order valence-corrected chi connectivity index (χ0v) is 37.1. The van der Waals surface area contributed by atoms with Crippen molar-refractivity contribution in [3.05, 3.63) is 36.5 Å². The number of aliphatic carboxylic acids is 1. The highest BCUT2D eigenvalue weighted by Crippen LogP contribution is 2.16. The van der Waals surface area contributed by atoms with Gasteiger partial charge in [-0.15, -0.1) is 0 Å². The van der Waals surface area contributed by atoms with Crippen LogP contribution in [0.15, 0.2) is 36.5 Å². The number of allylic oxidation sites excluding steroid dienone is 6. The summed E-state index contributed by atoms with van der Waals surface area (Å²) in [5, 5.41) is 11.6. The van der Waals surface area contributed by atoms with Crippen molar-refractivity contribution in [3.8, 4) is 0 Å². The van der Waals surface area contributed by atoms with E-state index >= 15 is 0 Å². The molecular formula is C48H87NO7. The molecule has 2 unspecified atom stereocenters. The molecule has 0 saturated carbocycles. The molecule has 0 spiro atoms. The first-order valence-corrected chi connectivity index (χ1v) is 23.0. The number of likely N-dealkylation sites (N-methyl/N-ethyl adjacent to an activating group) is 1. The van der Waals surface area contributed by atoms with Crippen molar-refractivity contribution in [2.45, 2.75) is 212 Å². The number of quaternary nitrogens is 1. The molecule has 0 radical (unpaired) electrons. The number of carboxylic acids is 1. The summed E-state index contributed by atoms with van der Waals surface area (Å²) in [7, 11) is 5.39. The molecule has 0 aliphatic rings. The molecule has 0 fully saturated rings. The van der Waals surface area contributed by atoms with E-state index in [2.05, 4.69) is 50.3 Å². The standard InChI is InChI=1S/C48H87NO7/c1-6-8-10-12-14-16-18-19-20-21-22-23-24-25-26-27-29-31-33-35-37-39-47(51)56-44(42-54-41-40-45(48(52)53)49(3,4)5)43-55-46(50)38-36-34-32-30-28-17-15-13-11-9-7-2/h9,11,15,17,30,32,44-45H,6-8,10,12-14,16,18-29,31,33-43H2,1-5H3/b11-9+,17-15+,32-30+. The third kappa shape index (κ3) is 37.1. The normalized spacial score (nSPS) is 13.2. The molecule has 0 aliphatic carbocycles. The lowest BCUT2D eigenvalue weighted by Crippen LogP contribution is -2.55. The zero-order chi connectivity index (χ0) is 41.4. The Morgan fingerprint density at radius 2 is 1.00 bits per heavy atom. The molecular weight excluding hydrogens is 703 g/mol. The van der Waals surface area contributed by atoms with Crippen molar-refractivity contribution in [2.75, 3.05) is 41.0 Å². The third-order valence-electron chi connectivity index (χ3n) is 10.3. The van der Waals surface area contributed by atoms with Crippen LogP contribution in [0.3, 0.4) is 0 Å². The van der Waals surface area contributed by atoms with Crippen molar-refractivity contribution in [2.24, 2.45) is 0 Å². The summed E-state index contributed by atoms with van der Waals surface area (Å²) >= 11 is 0. The van der Waals surface area contributed by atoms with Gasteiger partial charge in [0.05, 0.1) is 40.3 Å². The molecule has 0 bridgehead atoms. The largest absolute Gasteiger partial charge is 0.544 e. The molecule has 8 nitrogen and oxygen atoms in total. The Balaban J connectivity index is 4.25. The van der Waals surface area contributed by atoms with E-state index in [0.717, 1.165) is 44.9 Å². The second kappa shape index (κ2) is 39.4. The predicted molar refractivity (Wildman–Crippen MR) is 231 cm³/mol. The fraction of sp³-hybridized carbons (Fsp3) is 0.812. The number of carbonyl (C=O) groups excluding carboxylic acids is 3. The molecule has 0 amide bonds. The highest BCUT2D eigenvalue weighted by Gasteiger charge is 2.25. The minimum atomic E-state index is -1.13. The molecule has 0 aromatic carbocycles. The predicted octanol–water partition coefficient (Wildman–Crippen LogP) is 11.3. The van der Waals surface area contributed by atoms with Gasteiger partial charge in [-0.2, -0.15) is 0 Å². The smallest absolute Gasteiger partial charge is 0.306 e. The van der Waals surface area contributed by atoms with Crippen molar-refractivity contribution in [1.82, 2.24) is 0 Å². The van der Waals surface area contributed by atoms with Crippen LogP contribution in [0, 0.1) is 0 Å². The van der Waals surface area contributed by atoms with Gasteiger partial charge in [-0.3, -0.25) is 9.59 Å². The van der Waals surface area contributed by atoms with Gasteiger partial charge in [0.1, 0.15) is 12.6 Å². The van der Waals surface area contributed by atoms with Crippen LogP contribution in [0.25, 0.3) is 0 Å². The van der Waals surface area contributed by atoms with Gasteiger partial charge in [-0.1, -0.05) is 179 Å². The van der Waals surface area contributed by atoms with Crippen molar-refractivity contribution in [3.63, 3.8) is 0 Å².